The third-order valence-electron chi connectivity index (χ3n) is 2.37. The number of benzene rings is 1. The molecule has 0 saturated carbocycles. The molecule has 2 heteroatoms. The molecule has 2 rings (SSSR count). The fourth-order valence-corrected chi connectivity index (χ4v) is 2.54. The van der Waals surface area contributed by atoms with Gasteiger partial charge in [0.1, 0.15) is 5.01 Å². The summed E-state index contributed by atoms with van der Waals surface area (Å²) in [4.78, 5) is 4.64. The van der Waals surface area contributed by atoms with Crippen LogP contribution in [-0.2, 0) is 0 Å². The monoisotopic (exact) mass is 241 g/mol. The molecule has 0 saturated heterocycles. The summed E-state index contributed by atoms with van der Waals surface area (Å²) in [5.74, 6) is 0. The molecule has 0 aliphatic carbocycles. The molecule has 0 spiro atoms. The largest absolute Gasteiger partial charge is 0.236 e. The SMILES string of the molecule is C=C/C=C(\C=C/CC)c1nc2ccccc2s1. The van der Waals surface area contributed by atoms with Gasteiger partial charge in [-0.25, -0.2) is 4.98 Å². The highest BCUT2D eigenvalue weighted by atomic mass is 32.1. The van der Waals surface area contributed by atoms with Crippen LogP contribution >= 0.6 is 11.3 Å². The highest BCUT2D eigenvalue weighted by Gasteiger charge is 2.05. The second-order valence-corrected chi connectivity index (χ2v) is 4.69. The smallest absolute Gasteiger partial charge is 0.124 e. The molecule has 17 heavy (non-hydrogen) atoms. The summed E-state index contributed by atoms with van der Waals surface area (Å²) in [5.41, 5.74) is 2.19. The predicted molar refractivity (Wildman–Crippen MR) is 77.2 cm³/mol. The minimum atomic E-state index is 1.03. The normalized spacial score (nSPS) is 12.4. The van der Waals surface area contributed by atoms with Crippen molar-refractivity contribution in [1.82, 2.24) is 4.98 Å². The average Bonchev–Trinajstić information content (AvgIpc) is 2.78. The Morgan fingerprint density at radius 1 is 1.41 bits per heavy atom. The van der Waals surface area contributed by atoms with Gasteiger partial charge >= 0.3 is 0 Å². The zero-order valence-electron chi connectivity index (χ0n) is 9.89. The van der Waals surface area contributed by atoms with Crippen molar-refractivity contribution in [3.05, 3.63) is 60.2 Å². The van der Waals surface area contributed by atoms with Crippen LogP contribution in [0.4, 0.5) is 0 Å². The summed E-state index contributed by atoms with van der Waals surface area (Å²) in [6.07, 6.45) is 9.09. The molecule has 1 aromatic heterocycles. The minimum absolute atomic E-state index is 1.03. The molecular weight excluding hydrogens is 226 g/mol. The van der Waals surface area contributed by atoms with E-state index in [0.29, 0.717) is 0 Å². The first-order valence-electron chi connectivity index (χ1n) is 5.70. The van der Waals surface area contributed by atoms with E-state index in [9.17, 15) is 0 Å². The van der Waals surface area contributed by atoms with E-state index < -0.39 is 0 Å². The molecule has 1 aromatic carbocycles. The van der Waals surface area contributed by atoms with E-state index in [1.165, 1.54) is 4.70 Å². The van der Waals surface area contributed by atoms with Gasteiger partial charge in [0.15, 0.2) is 0 Å². The molecule has 0 fully saturated rings. The van der Waals surface area contributed by atoms with Crippen LogP contribution in [0.25, 0.3) is 15.8 Å². The van der Waals surface area contributed by atoms with Gasteiger partial charge < -0.3 is 0 Å². The summed E-state index contributed by atoms with van der Waals surface area (Å²) >= 11 is 1.72. The molecule has 2 aromatic rings. The zero-order valence-corrected chi connectivity index (χ0v) is 10.7. The number of nitrogens with zero attached hydrogens (tertiary/aromatic N) is 1. The Labute approximate surface area is 106 Å². The van der Waals surface area contributed by atoms with Gasteiger partial charge in [0.2, 0.25) is 0 Å². The second kappa shape index (κ2) is 5.60. The third-order valence-corrected chi connectivity index (χ3v) is 3.46. The molecule has 1 heterocycles. The van der Waals surface area contributed by atoms with E-state index in [1.807, 2.05) is 24.3 Å². The van der Waals surface area contributed by atoms with Crippen LogP contribution < -0.4 is 0 Å². The van der Waals surface area contributed by atoms with E-state index >= 15 is 0 Å². The predicted octanol–water partition coefficient (Wildman–Crippen LogP) is 4.83. The van der Waals surface area contributed by atoms with Crippen molar-refractivity contribution in [2.75, 3.05) is 0 Å². The lowest BCUT2D eigenvalue weighted by Gasteiger charge is -1.94. The number of aromatic nitrogens is 1. The number of fused-ring (bicyclic) bond motifs is 1. The highest BCUT2D eigenvalue weighted by molar-refractivity contribution is 7.19. The van der Waals surface area contributed by atoms with Crippen molar-refractivity contribution in [3.8, 4) is 0 Å². The van der Waals surface area contributed by atoms with E-state index in [0.717, 1.165) is 22.5 Å². The van der Waals surface area contributed by atoms with Crippen molar-refractivity contribution in [2.24, 2.45) is 0 Å². The average molecular weight is 241 g/mol. The maximum Gasteiger partial charge on any atom is 0.124 e. The van der Waals surface area contributed by atoms with E-state index in [1.54, 1.807) is 17.4 Å². The third kappa shape index (κ3) is 2.71. The Hall–Kier alpha value is -1.67. The van der Waals surface area contributed by atoms with Crippen molar-refractivity contribution in [2.45, 2.75) is 13.3 Å². The fraction of sp³-hybridized carbons (Fsp3) is 0.133. The van der Waals surface area contributed by atoms with E-state index in [2.05, 4.69) is 36.7 Å². The Morgan fingerprint density at radius 3 is 2.94 bits per heavy atom. The van der Waals surface area contributed by atoms with Crippen LogP contribution in [0, 0.1) is 0 Å². The van der Waals surface area contributed by atoms with E-state index in [-0.39, 0.29) is 0 Å². The summed E-state index contributed by atoms with van der Waals surface area (Å²) in [6, 6.07) is 8.21. The number of hydrogen-bond acceptors (Lipinski definition) is 2. The topological polar surface area (TPSA) is 12.9 Å². The van der Waals surface area contributed by atoms with Gasteiger partial charge in [-0.3, -0.25) is 0 Å². The lowest BCUT2D eigenvalue weighted by atomic mass is 10.2. The van der Waals surface area contributed by atoms with Crippen LogP contribution in [-0.4, -0.2) is 4.98 Å². The fourth-order valence-electron chi connectivity index (χ4n) is 1.57. The summed E-state index contributed by atoms with van der Waals surface area (Å²) in [7, 11) is 0. The summed E-state index contributed by atoms with van der Waals surface area (Å²) < 4.78 is 1.22. The molecule has 86 valence electrons. The Balaban J connectivity index is 2.45. The first kappa shape index (κ1) is 11.8. The van der Waals surface area contributed by atoms with Gasteiger partial charge in [-0.2, -0.15) is 0 Å². The molecule has 0 atom stereocenters. The maximum absolute atomic E-state index is 4.64. The van der Waals surface area contributed by atoms with Crippen LogP contribution in [0.3, 0.4) is 0 Å². The second-order valence-electron chi connectivity index (χ2n) is 3.66. The summed E-state index contributed by atoms with van der Waals surface area (Å²) in [6.45, 7) is 5.88. The maximum atomic E-state index is 4.64. The number of thiazole rings is 1. The van der Waals surface area contributed by atoms with Gasteiger partial charge in [-0.15, -0.1) is 11.3 Å². The van der Waals surface area contributed by atoms with Crippen molar-refractivity contribution >= 4 is 27.1 Å². The Kier molecular flexibility index (Phi) is 3.89. The first-order chi connectivity index (χ1) is 8.35. The van der Waals surface area contributed by atoms with Gasteiger partial charge in [0.05, 0.1) is 10.2 Å². The quantitative estimate of drug-likeness (QED) is 0.698. The Bertz CT molecular complexity index is 542. The molecule has 0 unspecified atom stereocenters. The van der Waals surface area contributed by atoms with Gasteiger partial charge in [0, 0.05) is 5.57 Å². The number of rotatable bonds is 4. The van der Waals surface area contributed by atoms with Gasteiger partial charge in [0.25, 0.3) is 0 Å². The molecule has 0 amide bonds. The molecule has 0 bridgehead atoms. The number of hydrogen-bond donors (Lipinski definition) is 0. The van der Waals surface area contributed by atoms with Crippen molar-refractivity contribution in [1.29, 1.82) is 0 Å². The van der Waals surface area contributed by atoms with Crippen LogP contribution in [0.5, 0.6) is 0 Å². The van der Waals surface area contributed by atoms with Crippen molar-refractivity contribution in [3.63, 3.8) is 0 Å². The number of allylic oxidation sites excluding steroid dienone is 5. The Morgan fingerprint density at radius 2 is 2.24 bits per heavy atom. The minimum Gasteiger partial charge on any atom is -0.236 e. The van der Waals surface area contributed by atoms with Crippen LogP contribution in [0.1, 0.15) is 18.4 Å². The van der Waals surface area contributed by atoms with Gasteiger partial charge in [-0.1, -0.05) is 49.9 Å². The highest BCUT2D eigenvalue weighted by Crippen LogP contribution is 2.27. The van der Waals surface area contributed by atoms with E-state index in [4.69, 9.17) is 0 Å². The van der Waals surface area contributed by atoms with Gasteiger partial charge in [-0.05, 0) is 18.6 Å². The summed E-state index contributed by atoms with van der Waals surface area (Å²) in [5, 5.41) is 1.05. The van der Waals surface area contributed by atoms with Crippen LogP contribution in [0.2, 0.25) is 0 Å². The zero-order chi connectivity index (χ0) is 12.1. The lowest BCUT2D eigenvalue weighted by molar-refractivity contribution is 1.22. The lowest BCUT2D eigenvalue weighted by Crippen LogP contribution is -1.78. The molecule has 0 N–H and O–H groups in total. The van der Waals surface area contributed by atoms with Crippen molar-refractivity contribution < 1.29 is 0 Å². The standard InChI is InChI=1S/C15H15NS/c1-3-5-9-12(8-4-2)15-16-13-10-6-7-11-14(13)17-15/h4-11H,2-3H2,1H3/b9-5-,12-8+. The first-order valence-corrected chi connectivity index (χ1v) is 6.52. The molecule has 1 nitrogen and oxygen atoms in total. The molecular formula is C15H15NS. The molecule has 0 radical (unpaired) electrons. The number of para-hydroxylation sites is 1. The van der Waals surface area contributed by atoms with Crippen LogP contribution in [0.15, 0.2) is 55.1 Å². The molecule has 0 aliphatic heterocycles. The molecule has 0 aliphatic rings.